The first-order chi connectivity index (χ1) is 40.5. The quantitative estimate of drug-likeness (QED) is 0.00948. The molecule has 0 unspecified atom stereocenters. The van der Waals surface area contributed by atoms with E-state index in [1.807, 2.05) is 0 Å². The van der Waals surface area contributed by atoms with Crippen LogP contribution in [0.2, 0.25) is 0 Å². The lowest BCUT2D eigenvalue weighted by Gasteiger charge is -2.09. The van der Waals surface area contributed by atoms with Crippen molar-refractivity contribution in [3.63, 3.8) is 0 Å². The number of phenolic OH excluding ortho intramolecular Hbond substituents is 1. The van der Waals surface area contributed by atoms with Gasteiger partial charge in [0.05, 0.1) is 78.2 Å². The van der Waals surface area contributed by atoms with Crippen LogP contribution in [0, 0.1) is 32.2 Å². The molecule has 0 atom stereocenters. The minimum Gasteiger partial charge on any atom is -0.505 e. The van der Waals surface area contributed by atoms with Crippen molar-refractivity contribution in [2.24, 2.45) is 20.5 Å². The van der Waals surface area contributed by atoms with Crippen molar-refractivity contribution in [1.29, 1.82) is 22.1 Å². The van der Waals surface area contributed by atoms with E-state index in [1.165, 1.54) is 60.7 Å². The lowest BCUT2D eigenvalue weighted by molar-refractivity contribution is -0.384. The van der Waals surface area contributed by atoms with Gasteiger partial charge in [-0.1, -0.05) is 66.7 Å². The Morgan fingerprint density at radius 2 is 0.919 bits per heavy atom. The topological polar surface area (TPSA) is 554 Å². The number of sulfonamides is 1. The maximum Gasteiger partial charge on any atom is 0.397 e. The molecule has 8 aromatic rings. The molecule has 8 aromatic carbocycles. The highest BCUT2D eigenvalue weighted by Gasteiger charge is 2.18. The van der Waals surface area contributed by atoms with Gasteiger partial charge in [-0.3, -0.25) is 23.9 Å². The molecule has 31 nitrogen and oxygen atoms in total. The lowest BCUT2D eigenvalue weighted by atomic mass is 10.1. The monoisotopic (exact) mass is 1280 g/mol. The van der Waals surface area contributed by atoms with Crippen LogP contribution in [0.5, 0.6) is 5.75 Å². The first-order valence-electron chi connectivity index (χ1n) is 23.5. The number of non-ortho nitro benzene ring substituents is 1. The molecule has 0 spiro atoms. The fourth-order valence-corrected chi connectivity index (χ4v) is 10.5. The molecule has 16 N–H and O–H groups in total. The zero-order chi connectivity index (χ0) is 64.3. The zero-order valence-corrected chi connectivity index (χ0v) is 48.4. The molecule has 0 bridgehead atoms. The third-order valence-corrected chi connectivity index (χ3v) is 16.1. The molecule has 0 aromatic heterocycles. The van der Waals surface area contributed by atoms with Crippen molar-refractivity contribution in [3.05, 3.63) is 192 Å². The van der Waals surface area contributed by atoms with Crippen molar-refractivity contribution in [1.82, 2.24) is 0 Å². The van der Waals surface area contributed by atoms with Crippen LogP contribution in [0.25, 0.3) is 10.8 Å². The summed E-state index contributed by atoms with van der Waals surface area (Å²) in [4.78, 5) is 9.78. The van der Waals surface area contributed by atoms with Crippen molar-refractivity contribution >= 4 is 118 Å². The Bertz CT molecular complexity index is 4080. The van der Waals surface area contributed by atoms with Gasteiger partial charge in [0, 0.05) is 23.5 Å². The second kappa shape index (κ2) is 32.9. The number of benzene rings is 8. The fourth-order valence-electron chi connectivity index (χ4n) is 6.45. The number of anilines is 5. The Morgan fingerprint density at radius 3 is 1.35 bits per heavy atom. The number of phenols is 1. The number of hydrogen-bond donors (Lipinski definition) is 12. The summed E-state index contributed by atoms with van der Waals surface area (Å²) in [5.74, 6) is -1.16. The van der Waals surface area contributed by atoms with Gasteiger partial charge in [0.1, 0.15) is 17.1 Å². The predicted molar refractivity (Wildman–Crippen MR) is 318 cm³/mol. The van der Waals surface area contributed by atoms with E-state index in [4.69, 9.17) is 54.2 Å². The van der Waals surface area contributed by atoms with Crippen LogP contribution in [0.15, 0.2) is 217 Å². The molecular formula is C50H54N14O17S5. The number of para-hydroxylation sites is 1. The third kappa shape index (κ3) is 23.5. The summed E-state index contributed by atoms with van der Waals surface area (Å²) in [5, 5.41) is 37.9. The third-order valence-electron chi connectivity index (χ3n) is 10.4. The van der Waals surface area contributed by atoms with Crippen LogP contribution in [-0.4, -0.2) is 85.9 Å². The highest BCUT2D eigenvalue weighted by molar-refractivity contribution is 7.93. The average molecular weight is 1280 g/mol. The minimum absolute atomic E-state index is 0.0321. The average Bonchev–Trinajstić information content (AvgIpc) is 1.86. The van der Waals surface area contributed by atoms with E-state index in [9.17, 15) is 57.3 Å². The van der Waals surface area contributed by atoms with Gasteiger partial charge in [-0.15, -0.1) is 10.2 Å². The van der Waals surface area contributed by atoms with Crippen LogP contribution in [0.4, 0.5) is 56.9 Å². The Hall–Kier alpha value is -9.79. The summed E-state index contributed by atoms with van der Waals surface area (Å²) >= 11 is 0. The van der Waals surface area contributed by atoms with Gasteiger partial charge in [0.25, 0.3) is 15.7 Å². The van der Waals surface area contributed by atoms with Crippen LogP contribution in [-0.2, 0) is 58.9 Å². The second-order valence-corrected chi connectivity index (χ2v) is 24.4. The Balaban J connectivity index is 0.000000352. The lowest BCUT2D eigenvalue weighted by Crippen LogP contribution is -2.15. The Morgan fingerprint density at radius 1 is 0.500 bits per heavy atom. The maximum absolute atomic E-state index is 12.9. The van der Waals surface area contributed by atoms with Gasteiger partial charge in [-0.25, -0.2) is 55.7 Å². The number of fused-ring (bicyclic) bond motifs is 1. The number of aromatic hydroxyl groups is 1. The van der Waals surface area contributed by atoms with Crippen LogP contribution in [0.1, 0.15) is 0 Å². The van der Waals surface area contributed by atoms with E-state index in [0.29, 0.717) is 50.6 Å². The van der Waals surface area contributed by atoms with Gasteiger partial charge in [0.2, 0.25) is 0 Å². The second-order valence-electron chi connectivity index (χ2n) is 16.3. The van der Waals surface area contributed by atoms with Crippen LogP contribution in [0.3, 0.4) is 0 Å². The van der Waals surface area contributed by atoms with Gasteiger partial charge >= 0.3 is 20.8 Å². The van der Waals surface area contributed by atoms with Gasteiger partial charge in [-0.05, 0) is 109 Å². The molecule has 0 heterocycles. The number of nitrogens with two attached hydrogens (primary N) is 4. The normalized spacial score (nSPS) is 11.4. The zero-order valence-electron chi connectivity index (χ0n) is 44.3. The number of hydrogen-bond acceptors (Lipinski definition) is 27. The first kappa shape index (κ1) is 70.5. The number of nitro benzene ring substituents is 1. The molecule has 36 heteroatoms. The smallest absolute Gasteiger partial charge is 0.397 e. The van der Waals surface area contributed by atoms with E-state index < -0.39 is 80.1 Å². The maximum atomic E-state index is 12.9. The largest absolute Gasteiger partial charge is 0.505 e. The van der Waals surface area contributed by atoms with Crippen molar-refractivity contribution in [2.45, 2.75) is 14.7 Å². The summed E-state index contributed by atoms with van der Waals surface area (Å²) in [6, 6.07) is 46.9. The molecule has 0 saturated heterocycles. The molecule has 0 aliphatic rings. The van der Waals surface area contributed by atoms with Gasteiger partial charge in [-0.2, -0.15) is 27.1 Å². The van der Waals surface area contributed by atoms with Crippen molar-refractivity contribution in [3.8, 4) is 5.75 Å². The van der Waals surface area contributed by atoms with E-state index in [0.717, 1.165) is 0 Å². The molecule has 0 aliphatic heterocycles. The summed E-state index contributed by atoms with van der Waals surface area (Å²) in [6.07, 6.45) is 0. The van der Waals surface area contributed by atoms with E-state index in [-0.39, 0.29) is 37.5 Å². The predicted octanol–water partition coefficient (Wildman–Crippen LogP) is 9.85. The molecule has 0 aliphatic carbocycles. The van der Waals surface area contributed by atoms with E-state index in [1.54, 1.807) is 121 Å². The first-order valence-corrected chi connectivity index (χ1v) is 31.1. The molecule has 86 heavy (non-hydrogen) atoms. The van der Waals surface area contributed by atoms with Crippen molar-refractivity contribution in [2.75, 3.05) is 52.4 Å². The summed E-state index contributed by atoms with van der Waals surface area (Å²) < 4.78 is 140. The number of nitrogens with zero attached hydrogens (tertiary/aromatic N) is 5. The highest BCUT2D eigenvalue weighted by atomic mass is 32.3. The Labute approximate surface area is 492 Å². The number of nitrogens with one attached hydrogen (secondary N) is 5. The van der Waals surface area contributed by atoms with Crippen LogP contribution >= 0.6 is 0 Å². The highest BCUT2D eigenvalue weighted by Crippen LogP contribution is 2.40. The Kier molecular flexibility index (Phi) is 27.0. The summed E-state index contributed by atoms with van der Waals surface area (Å²) in [6.45, 7) is -1.23. The fraction of sp³-hybridized carbons (Fsp3) is 0.0800. The molecular weight excluding hydrogens is 1230 g/mol. The van der Waals surface area contributed by atoms with E-state index in [2.05, 4.69) is 33.5 Å². The summed E-state index contributed by atoms with van der Waals surface area (Å²) in [5.41, 5.74) is 47.1. The standard InChI is InChI=1S/C28H25N9O3S.2C8H10O6S2.C6H5NO2.2H2N2/c29-17-3-14-24(23(31)15-17)35-33-18-4-6-20(7-5-18)37-41(39,40)21-10-8-19(9-11-21)34-36-25-13-2-16-1-12-22(30)28(38)26(16)27(25)32;2*9-15(10,7-6-14-16(11,12)13)8-4-2-1-3-5-8;8-7(9)6-4-2-1-3-5-6;2*1-2/h1-15,37-38H,29-32H2;2*1-5H,6-7H2,(H,11,12,13);1-5H;2*1-2H. The van der Waals surface area contributed by atoms with Crippen LogP contribution < -0.4 is 27.7 Å². The number of rotatable bonds is 18. The molecule has 456 valence electrons. The molecule has 0 radical (unpaired) electrons. The molecule has 0 amide bonds. The molecule has 0 fully saturated rings. The van der Waals surface area contributed by atoms with Gasteiger partial charge < -0.3 is 28.0 Å². The number of azo groups is 2. The SMILES string of the molecule is N=N.N=N.Nc1ccc(N=Nc2ccc(NS(=O)(=O)c3ccc(N=Nc4ccc5ccc(N)c(O)c5c4N)cc3)cc2)c(N)c1.O=S(=O)(O)OCCS(=O)(=O)c1ccccc1.O=S(=O)(O)OCCS(=O)(=O)c1ccccc1.O=[N+]([O-])c1ccccc1. The molecule has 8 rings (SSSR count). The minimum atomic E-state index is -4.59. The molecule has 0 saturated carbocycles. The number of nitro groups is 1. The van der Waals surface area contributed by atoms with Crippen molar-refractivity contribution < 1.29 is 69.6 Å². The van der Waals surface area contributed by atoms with Gasteiger partial charge in [0.15, 0.2) is 19.7 Å². The summed E-state index contributed by atoms with van der Waals surface area (Å²) in [7, 11) is -20.2. The van der Waals surface area contributed by atoms with E-state index >= 15 is 0 Å². The number of sulfone groups is 2. The number of nitrogen functional groups attached to an aromatic ring is 4.